The SMILES string of the molecule is CS(=O)(=O)N(CC(=O)N(Cc1c(Cl)cccc1Cl)[C@@H](Cc1ccccc1)C(=O)NC1CCCCC1)c1ccc(F)c(Cl)c1. The topological polar surface area (TPSA) is 86.8 Å². The zero-order valence-electron chi connectivity index (χ0n) is 23.6. The average molecular weight is 669 g/mol. The molecule has 1 saturated carbocycles. The van der Waals surface area contributed by atoms with Gasteiger partial charge in [0.1, 0.15) is 18.4 Å². The Balaban J connectivity index is 1.76. The predicted molar refractivity (Wildman–Crippen MR) is 170 cm³/mol. The van der Waals surface area contributed by atoms with Crippen LogP contribution in [0.1, 0.15) is 43.2 Å². The maximum absolute atomic E-state index is 14.2. The highest BCUT2D eigenvalue weighted by Crippen LogP contribution is 2.29. The minimum atomic E-state index is -4.04. The molecule has 7 nitrogen and oxygen atoms in total. The molecule has 0 aromatic heterocycles. The molecule has 3 aromatic rings. The maximum atomic E-state index is 14.2. The molecule has 3 aromatic carbocycles. The second-order valence-corrected chi connectivity index (χ2v) is 13.8. The fourth-order valence-electron chi connectivity index (χ4n) is 5.21. The van der Waals surface area contributed by atoms with Crippen LogP contribution in [0.5, 0.6) is 0 Å². The van der Waals surface area contributed by atoms with Crippen LogP contribution in [0.4, 0.5) is 10.1 Å². The number of hydrogen-bond donors (Lipinski definition) is 1. The zero-order chi connectivity index (χ0) is 31.1. The summed E-state index contributed by atoms with van der Waals surface area (Å²) in [5, 5.41) is 3.42. The van der Waals surface area contributed by atoms with Gasteiger partial charge in [0, 0.05) is 34.6 Å². The van der Waals surface area contributed by atoms with Gasteiger partial charge in [-0.1, -0.05) is 90.5 Å². The lowest BCUT2D eigenvalue weighted by Gasteiger charge is -2.35. The minimum Gasteiger partial charge on any atom is -0.352 e. The van der Waals surface area contributed by atoms with Crippen molar-refractivity contribution in [1.29, 1.82) is 0 Å². The third-order valence-corrected chi connectivity index (χ3v) is 9.62. The van der Waals surface area contributed by atoms with Gasteiger partial charge in [-0.05, 0) is 48.7 Å². The number of anilines is 1. The average Bonchev–Trinajstić information content (AvgIpc) is 2.97. The molecule has 43 heavy (non-hydrogen) atoms. The Kier molecular flexibility index (Phi) is 11.3. The molecule has 0 spiro atoms. The molecule has 0 radical (unpaired) electrons. The van der Waals surface area contributed by atoms with Gasteiger partial charge in [0.15, 0.2) is 0 Å². The van der Waals surface area contributed by atoms with E-state index in [1.165, 1.54) is 11.0 Å². The predicted octanol–water partition coefficient (Wildman–Crippen LogP) is 6.64. The van der Waals surface area contributed by atoms with E-state index in [0.29, 0.717) is 15.6 Å². The highest BCUT2D eigenvalue weighted by Gasteiger charge is 2.35. The van der Waals surface area contributed by atoms with E-state index < -0.39 is 34.3 Å². The summed E-state index contributed by atoms with van der Waals surface area (Å²) in [4.78, 5) is 29.5. The van der Waals surface area contributed by atoms with Gasteiger partial charge in [-0.25, -0.2) is 12.8 Å². The number of hydrogen-bond acceptors (Lipinski definition) is 4. The summed E-state index contributed by atoms with van der Waals surface area (Å²) in [5.41, 5.74) is 1.22. The third kappa shape index (κ3) is 8.85. The monoisotopic (exact) mass is 667 g/mol. The van der Waals surface area contributed by atoms with Crippen molar-refractivity contribution in [2.75, 3.05) is 17.1 Å². The molecule has 2 amide bonds. The van der Waals surface area contributed by atoms with E-state index in [9.17, 15) is 22.4 Å². The van der Waals surface area contributed by atoms with Gasteiger partial charge in [-0.3, -0.25) is 13.9 Å². The fourth-order valence-corrected chi connectivity index (χ4v) is 6.74. The Hall–Kier alpha value is -2.85. The Labute approximate surface area is 267 Å². The molecule has 0 bridgehead atoms. The maximum Gasteiger partial charge on any atom is 0.244 e. The molecule has 0 unspecified atom stereocenters. The van der Waals surface area contributed by atoms with Crippen LogP contribution in [-0.4, -0.2) is 50.0 Å². The van der Waals surface area contributed by atoms with Crippen molar-refractivity contribution in [2.45, 2.75) is 57.2 Å². The Morgan fingerprint density at radius 3 is 2.19 bits per heavy atom. The number of nitrogens with zero attached hydrogens (tertiary/aromatic N) is 2. The van der Waals surface area contributed by atoms with Crippen molar-refractivity contribution in [1.82, 2.24) is 10.2 Å². The van der Waals surface area contributed by atoms with Gasteiger partial charge in [-0.2, -0.15) is 0 Å². The number of halogens is 4. The molecule has 1 aliphatic rings. The summed E-state index contributed by atoms with van der Waals surface area (Å²) in [6, 6.07) is 16.5. The number of sulfonamides is 1. The number of carbonyl (C=O) groups is 2. The number of amides is 2. The molecule has 0 heterocycles. The lowest BCUT2D eigenvalue weighted by molar-refractivity contribution is -0.140. The Bertz CT molecular complexity index is 1530. The quantitative estimate of drug-likeness (QED) is 0.248. The van der Waals surface area contributed by atoms with E-state index in [1.807, 2.05) is 30.3 Å². The summed E-state index contributed by atoms with van der Waals surface area (Å²) < 4.78 is 40.6. The summed E-state index contributed by atoms with van der Waals surface area (Å²) in [7, 11) is -4.04. The zero-order valence-corrected chi connectivity index (χ0v) is 26.7. The molecule has 0 saturated heterocycles. The molecule has 1 fully saturated rings. The molecule has 12 heteroatoms. The van der Waals surface area contributed by atoms with Crippen LogP contribution >= 0.6 is 34.8 Å². The number of rotatable bonds is 11. The molecule has 1 atom stereocenters. The van der Waals surface area contributed by atoms with E-state index in [0.717, 1.165) is 60.4 Å². The van der Waals surface area contributed by atoms with Crippen LogP contribution in [0.25, 0.3) is 0 Å². The van der Waals surface area contributed by atoms with Crippen molar-refractivity contribution in [2.24, 2.45) is 0 Å². The van der Waals surface area contributed by atoms with Crippen LogP contribution in [0, 0.1) is 5.82 Å². The van der Waals surface area contributed by atoms with E-state index >= 15 is 0 Å². The lowest BCUT2D eigenvalue weighted by Crippen LogP contribution is -2.55. The van der Waals surface area contributed by atoms with E-state index in [4.69, 9.17) is 34.8 Å². The smallest absolute Gasteiger partial charge is 0.244 e. The molecule has 4 rings (SSSR count). The van der Waals surface area contributed by atoms with Crippen molar-refractivity contribution in [3.63, 3.8) is 0 Å². The van der Waals surface area contributed by atoms with E-state index in [1.54, 1.807) is 18.2 Å². The molecular weight excluding hydrogens is 636 g/mol. The molecule has 0 aliphatic heterocycles. The Morgan fingerprint density at radius 1 is 0.930 bits per heavy atom. The first-order chi connectivity index (χ1) is 20.4. The normalized spacial score (nSPS) is 14.6. The first kappa shape index (κ1) is 33.1. The second-order valence-electron chi connectivity index (χ2n) is 10.6. The minimum absolute atomic E-state index is 0.00393. The number of nitrogens with one attached hydrogen (secondary N) is 1. The van der Waals surface area contributed by atoms with Crippen LogP contribution in [0.3, 0.4) is 0 Å². The van der Waals surface area contributed by atoms with Crippen LogP contribution in [0.2, 0.25) is 15.1 Å². The standard InChI is InChI=1S/C31H33Cl3FN3O4S/c1-43(41,42)38(23-15-16-28(35)27(34)18-23)20-30(39)37(19-24-25(32)13-8-14-26(24)33)29(17-21-9-4-2-5-10-21)31(40)36-22-11-6-3-7-12-22/h2,4-5,8-10,13-16,18,22,29H,3,6-7,11-12,17,19-20H2,1H3,(H,36,40)/t29-/m0/s1. The fraction of sp³-hybridized carbons (Fsp3) is 0.355. The summed E-state index contributed by atoms with van der Waals surface area (Å²) in [5.74, 6) is -1.77. The lowest BCUT2D eigenvalue weighted by atomic mass is 9.94. The van der Waals surface area contributed by atoms with Gasteiger partial charge in [-0.15, -0.1) is 0 Å². The van der Waals surface area contributed by atoms with Gasteiger partial charge in [0.2, 0.25) is 21.8 Å². The molecule has 1 N–H and O–H groups in total. The molecule has 230 valence electrons. The molecule has 1 aliphatic carbocycles. The highest BCUT2D eigenvalue weighted by atomic mass is 35.5. The number of benzene rings is 3. The summed E-state index contributed by atoms with van der Waals surface area (Å²) in [6.45, 7) is -0.834. The number of carbonyl (C=O) groups excluding carboxylic acids is 2. The third-order valence-electron chi connectivity index (χ3n) is 7.48. The van der Waals surface area contributed by atoms with Gasteiger partial charge < -0.3 is 10.2 Å². The molecular formula is C31H33Cl3FN3O4S. The Morgan fingerprint density at radius 2 is 1.58 bits per heavy atom. The first-order valence-electron chi connectivity index (χ1n) is 13.9. The van der Waals surface area contributed by atoms with E-state index in [-0.39, 0.29) is 35.6 Å². The van der Waals surface area contributed by atoms with Crippen molar-refractivity contribution >= 4 is 62.3 Å². The van der Waals surface area contributed by atoms with Gasteiger partial charge in [0.05, 0.1) is 17.0 Å². The first-order valence-corrected chi connectivity index (χ1v) is 16.9. The van der Waals surface area contributed by atoms with Crippen LogP contribution in [0.15, 0.2) is 66.7 Å². The van der Waals surface area contributed by atoms with Crippen molar-refractivity contribution in [3.8, 4) is 0 Å². The summed E-state index contributed by atoms with van der Waals surface area (Å²) >= 11 is 19.0. The van der Waals surface area contributed by atoms with Crippen molar-refractivity contribution in [3.05, 3.63) is 98.7 Å². The largest absolute Gasteiger partial charge is 0.352 e. The second kappa shape index (κ2) is 14.8. The van der Waals surface area contributed by atoms with Crippen LogP contribution in [-0.2, 0) is 32.6 Å². The van der Waals surface area contributed by atoms with Gasteiger partial charge >= 0.3 is 0 Å². The summed E-state index contributed by atoms with van der Waals surface area (Å²) in [6.07, 6.45) is 5.86. The van der Waals surface area contributed by atoms with Crippen molar-refractivity contribution < 1.29 is 22.4 Å². The van der Waals surface area contributed by atoms with E-state index in [2.05, 4.69) is 5.32 Å². The van der Waals surface area contributed by atoms with Gasteiger partial charge in [0.25, 0.3) is 0 Å². The highest BCUT2D eigenvalue weighted by molar-refractivity contribution is 7.92. The van der Waals surface area contributed by atoms with Crippen LogP contribution < -0.4 is 9.62 Å².